The number of anilines is 1. The van der Waals surface area contributed by atoms with Gasteiger partial charge in [-0.1, -0.05) is 25.5 Å². The van der Waals surface area contributed by atoms with E-state index in [0.717, 1.165) is 13.0 Å². The van der Waals surface area contributed by atoms with E-state index in [0.29, 0.717) is 19.1 Å². The van der Waals surface area contributed by atoms with Gasteiger partial charge in [0.15, 0.2) is 0 Å². The number of carbonyl (C=O) groups is 1. The van der Waals surface area contributed by atoms with Crippen molar-refractivity contribution in [2.45, 2.75) is 45.2 Å². The van der Waals surface area contributed by atoms with Crippen LogP contribution in [0.25, 0.3) is 0 Å². The molecule has 1 aromatic carbocycles. The first kappa shape index (κ1) is 17.8. The second-order valence-corrected chi connectivity index (χ2v) is 6.84. The lowest BCUT2D eigenvalue weighted by molar-refractivity contribution is -0.132. The molecule has 1 heterocycles. The Morgan fingerprint density at radius 1 is 1.17 bits per heavy atom. The number of carbonyl (C=O) groups excluding carboxylic acids is 1. The summed E-state index contributed by atoms with van der Waals surface area (Å²) < 4.78 is 0. The molecule has 128 valence electrons. The third-order valence-electron chi connectivity index (χ3n) is 4.86. The fourth-order valence-corrected chi connectivity index (χ4v) is 3.29. The highest BCUT2D eigenvalue weighted by molar-refractivity contribution is 5.78. The van der Waals surface area contributed by atoms with Crippen LogP contribution >= 0.6 is 0 Å². The third kappa shape index (κ3) is 4.96. The van der Waals surface area contributed by atoms with Gasteiger partial charge in [-0.2, -0.15) is 0 Å². The molecule has 1 aliphatic heterocycles. The molecule has 0 aliphatic carbocycles. The Morgan fingerprint density at radius 3 is 2.48 bits per heavy atom. The van der Waals surface area contributed by atoms with Crippen molar-refractivity contribution in [1.82, 2.24) is 9.80 Å². The number of likely N-dealkylation sites (N-methyl/N-ethyl adjacent to an activating group) is 1. The van der Waals surface area contributed by atoms with Gasteiger partial charge in [0.25, 0.3) is 0 Å². The Hall–Kier alpha value is -1.55. The summed E-state index contributed by atoms with van der Waals surface area (Å²) in [7, 11) is 5.98. The Labute approximate surface area is 141 Å². The molecule has 1 atom stereocenters. The van der Waals surface area contributed by atoms with Crippen molar-refractivity contribution in [3.8, 4) is 0 Å². The molecule has 0 radical (unpaired) electrons. The molecule has 23 heavy (non-hydrogen) atoms. The molecule has 0 bridgehead atoms. The largest absolute Gasteiger partial charge is 0.378 e. The SMILES string of the molecule is CCC1CCCCN1CC(=O)N(C)Cc1ccc(N(C)C)cc1. The molecule has 1 aromatic rings. The Kier molecular flexibility index (Phi) is 6.46. The van der Waals surface area contributed by atoms with Crippen LogP contribution in [0.5, 0.6) is 0 Å². The molecule has 4 nitrogen and oxygen atoms in total. The summed E-state index contributed by atoms with van der Waals surface area (Å²) in [6.45, 7) is 4.53. The molecule has 1 fully saturated rings. The maximum absolute atomic E-state index is 12.5. The fourth-order valence-electron chi connectivity index (χ4n) is 3.29. The van der Waals surface area contributed by atoms with Gasteiger partial charge in [0.05, 0.1) is 6.54 Å². The minimum atomic E-state index is 0.224. The fraction of sp³-hybridized carbons (Fsp3) is 0.632. The number of rotatable bonds is 6. The quantitative estimate of drug-likeness (QED) is 0.807. The summed E-state index contributed by atoms with van der Waals surface area (Å²) in [5.74, 6) is 0.224. The highest BCUT2D eigenvalue weighted by Gasteiger charge is 2.23. The molecular formula is C19H31N3O. The number of likely N-dealkylation sites (tertiary alicyclic amines) is 1. The zero-order chi connectivity index (χ0) is 16.8. The number of nitrogens with zero attached hydrogens (tertiary/aromatic N) is 3. The summed E-state index contributed by atoms with van der Waals surface area (Å²) in [5.41, 5.74) is 2.36. The topological polar surface area (TPSA) is 26.8 Å². The first-order valence-corrected chi connectivity index (χ1v) is 8.75. The van der Waals surface area contributed by atoms with Gasteiger partial charge in [-0.3, -0.25) is 9.69 Å². The monoisotopic (exact) mass is 317 g/mol. The van der Waals surface area contributed by atoms with E-state index in [9.17, 15) is 4.79 Å². The van der Waals surface area contributed by atoms with E-state index in [1.807, 2.05) is 26.0 Å². The van der Waals surface area contributed by atoms with E-state index in [4.69, 9.17) is 0 Å². The summed E-state index contributed by atoms with van der Waals surface area (Å²) in [5, 5.41) is 0. The molecule has 1 unspecified atom stereocenters. The lowest BCUT2D eigenvalue weighted by Gasteiger charge is -2.35. The number of benzene rings is 1. The number of hydrogen-bond donors (Lipinski definition) is 0. The van der Waals surface area contributed by atoms with E-state index in [2.05, 4.69) is 41.0 Å². The Balaban J connectivity index is 1.89. The minimum Gasteiger partial charge on any atom is -0.378 e. The van der Waals surface area contributed by atoms with E-state index >= 15 is 0 Å². The first-order valence-electron chi connectivity index (χ1n) is 8.75. The van der Waals surface area contributed by atoms with Gasteiger partial charge in [-0.05, 0) is 43.5 Å². The average molecular weight is 317 g/mol. The molecule has 4 heteroatoms. The smallest absolute Gasteiger partial charge is 0.236 e. The van der Waals surface area contributed by atoms with Gasteiger partial charge < -0.3 is 9.80 Å². The van der Waals surface area contributed by atoms with Crippen molar-refractivity contribution < 1.29 is 4.79 Å². The summed E-state index contributed by atoms with van der Waals surface area (Å²) >= 11 is 0. The van der Waals surface area contributed by atoms with Crippen LogP contribution in [0.1, 0.15) is 38.2 Å². The molecule has 0 saturated carbocycles. The van der Waals surface area contributed by atoms with Gasteiger partial charge in [0.2, 0.25) is 5.91 Å². The maximum atomic E-state index is 12.5. The molecule has 1 amide bonds. The van der Waals surface area contributed by atoms with Crippen molar-refractivity contribution >= 4 is 11.6 Å². The zero-order valence-corrected chi connectivity index (χ0v) is 15.1. The maximum Gasteiger partial charge on any atom is 0.236 e. The third-order valence-corrected chi connectivity index (χ3v) is 4.86. The van der Waals surface area contributed by atoms with E-state index < -0.39 is 0 Å². The van der Waals surface area contributed by atoms with E-state index in [1.54, 1.807) is 0 Å². The standard InChI is InChI=1S/C19H31N3O/c1-5-17-8-6-7-13-22(17)15-19(23)21(4)14-16-9-11-18(12-10-16)20(2)3/h9-12,17H,5-8,13-15H2,1-4H3. The van der Waals surface area contributed by atoms with Crippen LogP contribution in [0.4, 0.5) is 5.69 Å². The molecular weight excluding hydrogens is 286 g/mol. The normalized spacial score (nSPS) is 18.7. The summed E-state index contributed by atoms with van der Waals surface area (Å²) in [4.78, 5) is 18.8. The predicted octanol–water partition coefficient (Wildman–Crippen LogP) is 2.98. The van der Waals surface area contributed by atoms with Crippen LogP contribution in [-0.4, -0.2) is 56.0 Å². The highest BCUT2D eigenvalue weighted by atomic mass is 16.2. The second kappa shape index (κ2) is 8.34. The van der Waals surface area contributed by atoms with Crippen LogP contribution in [0.3, 0.4) is 0 Å². The molecule has 0 N–H and O–H groups in total. The van der Waals surface area contributed by atoms with Gasteiger partial charge in [0, 0.05) is 39.4 Å². The van der Waals surface area contributed by atoms with E-state index in [1.165, 1.54) is 30.5 Å². The molecule has 1 saturated heterocycles. The molecule has 1 aliphatic rings. The van der Waals surface area contributed by atoms with Crippen LogP contribution in [-0.2, 0) is 11.3 Å². The predicted molar refractivity (Wildman–Crippen MR) is 96.7 cm³/mol. The summed E-state index contributed by atoms with van der Waals surface area (Å²) in [6, 6.07) is 9.00. The van der Waals surface area contributed by atoms with Gasteiger partial charge in [0.1, 0.15) is 0 Å². The van der Waals surface area contributed by atoms with Crippen LogP contribution < -0.4 is 4.90 Å². The highest BCUT2D eigenvalue weighted by Crippen LogP contribution is 2.19. The lowest BCUT2D eigenvalue weighted by atomic mass is 10.00. The van der Waals surface area contributed by atoms with Gasteiger partial charge >= 0.3 is 0 Å². The van der Waals surface area contributed by atoms with Crippen molar-refractivity contribution in [3.05, 3.63) is 29.8 Å². The minimum absolute atomic E-state index is 0.224. The van der Waals surface area contributed by atoms with Crippen LogP contribution in [0.2, 0.25) is 0 Å². The Morgan fingerprint density at radius 2 is 1.87 bits per heavy atom. The molecule has 0 aromatic heterocycles. The molecule has 2 rings (SSSR count). The first-order chi connectivity index (χ1) is 11.0. The van der Waals surface area contributed by atoms with E-state index in [-0.39, 0.29) is 5.91 Å². The molecule has 0 spiro atoms. The summed E-state index contributed by atoms with van der Waals surface area (Å²) in [6.07, 6.45) is 4.90. The average Bonchev–Trinajstić information content (AvgIpc) is 2.55. The van der Waals surface area contributed by atoms with Crippen LogP contribution in [0.15, 0.2) is 24.3 Å². The van der Waals surface area contributed by atoms with Gasteiger partial charge in [-0.25, -0.2) is 0 Å². The Bertz CT molecular complexity index is 498. The van der Waals surface area contributed by atoms with Crippen molar-refractivity contribution in [2.75, 3.05) is 39.1 Å². The number of amides is 1. The van der Waals surface area contributed by atoms with Gasteiger partial charge in [-0.15, -0.1) is 0 Å². The zero-order valence-electron chi connectivity index (χ0n) is 15.1. The van der Waals surface area contributed by atoms with Crippen molar-refractivity contribution in [1.29, 1.82) is 0 Å². The number of hydrogen-bond acceptors (Lipinski definition) is 3. The van der Waals surface area contributed by atoms with Crippen molar-refractivity contribution in [2.24, 2.45) is 0 Å². The van der Waals surface area contributed by atoms with Crippen LogP contribution in [0, 0.1) is 0 Å². The second-order valence-electron chi connectivity index (χ2n) is 6.84. The lowest BCUT2D eigenvalue weighted by Crippen LogP contribution is -2.45. The van der Waals surface area contributed by atoms with Crippen molar-refractivity contribution in [3.63, 3.8) is 0 Å². The number of piperidine rings is 1.